The first-order valence-corrected chi connectivity index (χ1v) is 6.38. The van der Waals surface area contributed by atoms with E-state index in [0.717, 1.165) is 0 Å². The quantitative estimate of drug-likeness (QED) is 0.744. The Bertz CT molecular complexity index is 383. The number of nitrogens with zero attached hydrogens (tertiary/aromatic N) is 2. The topological polar surface area (TPSA) is 76.5 Å². The van der Waals surface area contributed by atoms with Crippen molar-refractivity contribution in [1.29, 1.82) is 0 Å². The number of nitrogens with one attached hydrogen (secondary N) is 1. The van der Waals surface area contributed by atoms with Crippen molar-refractivity contribution >= 4 is 5.95 Å². The lowest BCUT2D eigenvalue weighted by Gasteiger charge is -2.23. The Labute approximate surface area is 114 Å². The average Bonchev–Trinajstić information content (AvgIpc) is 2.34. The van der Waals surface area contributed by atoms with E-state index in [1.54, 1.807) is 26.3 Å². The summed E-state index contributed by atoms with van der Waals surface area (Å²) in [7, 11) is 1.61. The van der Waals surface area contributed by atoms with Crippen molar-refractivity contribution in [3.63, 3.8) is 0 Å². The maximum Gasteiger partial charge on any atom is 0.226 e. The number of anilines is 1. The Balaban J connectivity index is 2.52. The molecule has 1 rings (SSSR count). The lowest BCUT2D eigenvalue weighted by molar-refractivity contribution is 0.0356. The van der Waals surface area contributed by atoms with Crippen LogP contribution in [0, 0.1) is 0 Å². The summed E-state index contributed by atoms with van der Waals surface area (Å²) in [6.45, 7) is 6.47. The highest BCUT2D eigenvalue weighted by Gasteiger charge is 2.20. The average molecular weight is 269 g/mol. The van der Waals surface area contributed by atoms with E-state index < -0.39 is 5.60 Å². The van der Waals surface area contributed by atoms with Crippen LogP contribution in [0.15, 0.2) is 12.3 Å². The van der Waals surface area contributed by atoms with Gasteiger partial charge in [0, 0.05) is 38.9 Å². The number of methoxy groups -OCH3 is 1. The second kappa shape index (κ2) is 7.25. The van der Waals surface area contributed by atoms with Gasteiger partial charge >= 0.3 is 0 Å². The van der Waals surface area contributed by atoms with Crippen molar-refractivity contribution in [2.24, 2.45) is 0 Å². The zero-order valence-corrected chi connectivity index (χ0v) is 12.0. The van der Waals surface area contributed by atoms with Crippen molar-refractivity contribution in [2.75, 3.05) is 25.6 Å². The van der Waals surface area contributed by atoms with Gasteiger partial charge in [-0.15, -0.1) is 0 Å². The van der Waals surface area contributed by atoms with Gasteiger partial charge in [0.1, 0.15) is 0 Å². The molecule has 0 aliphatic heterocycles. The van der Waals surface area contributed by atoms with Crippen molar-refractivity contribution in [3.05, 3.63) is 12.3 Å². The number of hydrogen-bond acceptors (Lipinski definition) is 6. The van der Waals surface area contributed by atoms with E-state index in [4.69, 9.17) is 9.47 Å². The highest BCUT2D eigenvalue weighted by atomic mass is 16.5. The Morgan fingerprint density at radius 1 is 1.47 bits per heavy atom. The van der Waals surface area contributed by atoms with Gasteiger partial charge in [0.05, 0.1) is 11.7 Å². The molecule has 1 aromatic heterocycles. The lowest BCUT2D eigenvalue weighted by atomic mass is 10.0. The molecule has 0 saturated heterocycles. The van der Waals surface area contributed by atoms with Crippen LogP contribution in [0.2, 0.25) is 0 Å². The maximum absolute atomic E-state index is 10.1. The van der Waals surface area contributed by atoms with Crippen LogP contribution < -0.4 is 10.1 Å². The van der Waals surface area contributed by atoms with E-state index in [2.05, 4.69) is 15.3 Å². The van der Waals surface area contributed by atoms with Crippen LogP contribution in [0.1, 0.15) is 27.2 Å². The standard InChI is InChI=1S/C13H23N3O3/c1-10(2)19-11-5-7-14-12(16-11)15-9-13(3,17)6-8-18-4/h5,7,10,17H,6,8-9H2,1-4H3,(H,14,15,16). The molecule has 0 fully saturated rings. The van der Waals surface area contributed by atoms with Crippen molar-refractivity contribution in [1.82, 2.24) is 9.97 Å². The summed E-state index contributed by atoms with van der Waals surface area (Å²) >= 11 is 0. The summed E-state index contributed by atoms with van der Waals surface area (Å²) in [4.78, 5) is 8.29. The third kappa shape index (κ3) is 6.35. The van der Waals surface area contributed by atoms with Gasteiger partial charge in [0.2, 0.25) is 11.8 Å². The molecule has 0 aliphatic carbocycles. The molecule has 6 heteroatoms. The summed E-state index contributed by atoms with van der Waals surface area (Å²) in [5.41, 5.74) is -0.867. The zero-order valence-electron chi connectivity index (χ0n) is 12.0. The van der Waals surface area contributed by atoms with E-state index in [-0.39, 0.29) is 6.10 Å². The molecule has 19 heavy (non-hydrogen) atoms. The summed E-state index contributed by atoms with van der Waals surface area (Å²) < 4.78 is 10.4. The summed E-state index contributed by atoms with van der Waals surface area (Å²) in [6, 6.07) is 1.70. The normalized spacial score (nSPS) is 14.2. The lowest BCUT2D eigenvalue weighted by Crippen LogP contribution is -2.35. The fraction of sp³-hybridized carbons (Fsp3) is 0.692. The number of rotatable bonds is 8. The van der Waals surface area contributed by atoms with Gasteiger partial charge in [-0.05, 0) is 20.8 Å². The Morgan fingerprint density at radius 2 is 2.21 bits per heavy atom. The molecule has 1 heterocycles. The molecular weight excluding hydrogens is 246 g/mol. The zero-order chi connectivity index (χ0) is 14.3. The SMILES string of the molecule is COCCC(C)(O)CNc1nccc(OC(C)C)n1. The second-order valence-electron chi connectivity index (χ2n) is 4.98. The number of aliphatic hydroxyl groups is 1. The molecule has 0 radical (unpaired) electrons. The van der Waals surface area contributed by atoms with E-state index in [1.165, 1.54) is 0 Å². The van der Waals surface area contributed by atoms with Crippen LogP contribution >= 0.6 is 0 Å². The maximum atomic E-state index is 10.1. The predicted octanol–water partition coefficient (Wildman–Crippen LogP) is 1.46. The van der Waals surface area contributed by atoms with Crippen LogP contribution in [0.5, 0.6) is 5.88 Å². The first-order chi connectivity index (χ1) is 8.93. The van der Waals surface area contributed by atoms with Crippen LogP contribution in [0.4, 0.5) is 5.95 Å². The Morgan fingerprint density at radius 3 is 2.84 bits per heavy atom. The molecule has 0 bridgehead atoms. The molecule has 108 valence electrons. The summed E-state index contributed by atoms with van der Waals surface area (Å²) in [5.74, 6) is 0.958. The van der Waals surface area contributed by atoms with Gasteiger partial charge in [0.15, 0.2) is 0 Å². The Hall–Kier alpha value is -1.40. The van der Waals surface area contributed by atoms with Crippen molar-refractivity contribution < 1.29 is 14.6 Å². The fourth-order valence-corrected chi connectivity index (χ4v) is 1.41. The number of ether oxygens (including phenoxy) is 2. The third-order valence-electron chi connectivity index (χ3n) is 2.46. The molecule has 0 aromatic carbocycles. The van der Waals surface area contributed by atoms with Gasteiger partial charge in [-0.1, -0.05) is 0 Å². The van der Waals surface area contributed by atoms with E-state index in [9.17, 15) is 5.11 Å². The van der Waals surface area contributed by atoms with Crippen LogP contribution in [-0.2, 0) is 4.74 Å². The molecule has 0 saturated carbocycles. The molecule has 6 nitrogen and oxygen atoms in total. The van der Waals surface area contributed by atoms with Crippen LogP contribution in [0.3, 0.4) is 0 Å². The monoisotopic (exact) mass is 269 g/mol. The van der Waals surface area contributed by atoms with Crippen molar-refractivity contribution in [2.45, 2.75) is 38.9 Å². The van der Waals surface area contributed by atoms with Gasteiger partial charge in [-0.3, -0.25) is 0 Å². The minimum Gasteiger partial charge on any atom is -0.475 e. The molecule has 0 amide bonds. The highest BCUT2D eigenvalue weighted by Crippen LogP contribution is 2.13. The molecule has 1 atom stereocenters. The third-order valence-corrected chi connectivity index (χ3v) is 2.46. The van der Waals surface area contributed by atoms with E-state index >= 15 is 0 Å². The largest absolute Gasteiger partial charge is 0.475 e. The molecule has 1 unspecified atom stereocenters. The summed E-state index contributed by atoms with van der Waals surface area (Å²) in [5, 5.41) is 13.1. The minimum absolute atomic E-state index is 0.0626. The van der Waals surface area contributed by atoms with E-state index in [0.29, 0.717) is 31.4 Å². The molecule has 0 aliphatic rings. The molecule has 1 aromatic rings. The van der Waals surface area contributed by atoms with Gasteiger partial charge < -0.3 is 19.9 Å². The Kier molecular flexibility index (Phi) is 5.98. The van der Waals surface area contributed by atoms with Gasteiger partial charge in [0.25, 0.3) is 0 Å². The highest BCUT2D eigenvalue weighted by molar-refractivity contribution is 5.28. The van der Waals surface area contributed by atoms with Crippen LogP contribution in [0.25, 0.3) is 0 Å². The predicted molar refractivity (Wildman–Crippen MR) is 73.4 cm³/mol. The van der Waals surface area contributed by atoms with Crippen LogP contribution in [-0.4, -0.2) is 47.0 Å². The first kappa shape index (κ1) is 15.7. The fourth-order valence-electron chi connectivity index (χ4n) is 1.41. The molecular formula is C13H23N3O3. The first-order valence-electron chi connectivity index (χ1n) is 6.38. The number of aromatic nitrogens is 2. The summed E-state index contributed by atoms with van der Waals surface area (Å²) in [6.07, 6.45) is 2.22. The smallest absolute Gasteiger partial charge is 0.226 e. The van der Waals surface area contributed by atoms with Gasteiger partial charge in [-0.25, -0.2) is 4.98 Å². The minimum atomic E-state index is -0.867. The second-order valence-corrected chi connectivity index (χ2v) is 4.98. The van der Waals surface area contributed by atoms with E-state index in [1.807, 2.05) is 13.8 Å². The van der Waals surface area contributed by atoms with Crippen molar-refractivity contribution in [3.8, 4) is 5.88 Å². The number of hydrogen-bond donors (Lipinski definition) is 2. The molecule has 0 spiro atoms. The van der Waals surface area contributed by atoms with Gasteiger partial charge in [-0.2, -0.15) is 4.98 Å². The molecule has 2 N–H and O–H groups in total.